The number of rotatable bonds is 4. The zero-order chi connectivity index (χ0) is 20.5. The molecular formula is C25H18ClNO2S. The van der Waals surface area contributed by atoms with Crippen LogP contribution in [0.4, 0.5) is 0 Å². The van der Waals surface area contributed by atoms with Gasteiger partial charge in [0.05, 0.1) is 10.8 Å². The molecule has 5 heteroatoms. The number of carbonyl (C=O) groups excluding carboxylic acids is 1. The highest BCUT2D eigenvalue weighted by Crippen LogP contribution is 2.49. The molecule has 0 saturated carbocycles. The second-order valence-electron chi connectivity index (χ2n) is 7.27. The molecule has 4 aromatic rings. The highest BCUT2D eigenvalue weighted by atomic mass is 35.5. The third-order valence-electron chi connectivity index (χ3n) is 5.36. The van der Waals surface area contributed by atoms with Gasteiger partial charge in [-0.25, -0.2) is 4.98 Å². The Morgan fingerprint density at radius 1 is 0.900 bits per heavy atom. The summed E-state index contributed by atoms with van der Waals surface area (Å²) in [6.45, 7) is 0. The maximum atomic E-state index is 13.1. The van der Waals surface area contributed by atoms with Crippen LogP contribution >= 0.6 is 22.9 Å². The van der Waals surface area contributed by atoms with Gasteiger partial charge in [-0.15, -0.1) is 11.3 Å². The van der Waals surface area contributed by atoms with E-state index in [1.54, 1.807) is 11.3 Å². The molecule has 3 aromatic carbocycles. The molecule has 1 aliphatic heterocycles. The van der Waals surface area contributed by atoms with Crippen molar-refractivity contribution in [3.8, 4) is 16.5 Å². The standard InChI is InChI=1S/C25H18ClNO2S/c26-20-14-8-7-13-18(20)21-19(15-16-9-3-1-4-10-16)25(28)29-23-22(21)30-24(27-23)17-11-5-2-6-12-17/h1-14,19,21H,15H2/t19-,21+/m0/s1. The molecule has 3 nitrogen and oxygen atoms in total. The summed E-state index contributed by atoms with van der Waals surface area (Å²) in [5.41, 5.74) is 3.03. The maximum absolute atomic E-state index is 13.1. The Morgan fingerprint density at radius 2 is 1.57 bits per heavy atom. The molecule has 1 aliphatic rings. The molecule has 148 valence electrons. The average Bonchev–Trinajstić information content (AvgIpc) is 3.20. The zero-order valence-corrected chi connectivity index (χ0v) is 17.6. The molecule has 0 amide bonds. The predicted octanol–water partition coefficient (Wildman–Crippen LogP) is 6.37. The van der Waals surface area contributed by atoms with Crippen molar-refractivity contribution >= 4 is 28.9 Å². The zero-order valence-electron chi connectivity index (χ0n) is 16.0. The van der Waals surface area contributed by atoms with Crippen molar-refractivity contribution in [1.82, 2.24) is 4.98 Å². The number of nitrogens with zero attached hydrogens (tertiary/aromatic N) is 1. The molecule has 0 spiro atoms. The predicted molar refractivity (Wildman–Crippen MR) is 120 cm³/mol. The van der Waals surface area contributed by atoms with Crippen molar-refractivity contribution in [2.24, 2.45) is 5.92 Å². The normalized spacial score (nSPS) is 18.0. The summed E-state index contributed by atoms with van der Waals surface area (Å²) in [4.78, 5) is 18.7. The number of halogens is 1. The van der Waals surface area contributed by atoms with Crippen LogP contribution in [0.5, 0.6) is 5.88 Å². The fraction of sp³-hybridized carbons (Fsp3) is 0.120. The minimum absolute atomic E-state index is 0.204. The Balaban J connectivity index is 1.64. The monoisotopic (exact) mass is 431 g/mol. The van der Waals surface area contributed by atoms with Gasteiger partial charge in [-0.05, 0) is 23.6 Å². The Bertz CT molecular complexity index is 1190. The highest BCUT2D eigenvalue weighted by Gasteiger charge is 2.42. The van der Waals surface area contributed by atoms with Gasteiger partial charge in [0, 0.05) is 16.5 Å². The van der Waals surface area contributed by atoms with Gasteiger partial charge in [0.15, 0.2) is 0 Å². The molecular weight excluding hydrogens is 414 g/mol. The van der Waals surface area contributed by atoms with Crippen molar-refractivity contribution in [2.45, 2.75) is 12.3 Å². The quantitative estimate of drug-likeness (QED) is 0.352. The second-order valence-corrected chi connectivity index (χ2v) is 8.71. The number of carbonyl (C=O) groups is 1. The summed E-state index contributed by atoms with van der Waals surface area (Å²) in [5.74, 6) is -0.437. The summed E-state index contributed by atoms with van der Waals surface area (Å²) < 4.78 is 5.73. The Kier molecular flexibility index (Phi) is 5.11. The number of esters is 1. The number of benzene rings is 3. The van der Waals surface area contributed by atoms with Crippen LogP contribution in [0.2, 0.25) is 5.02 Å². The first-order chi connectivity index (χ1) is 14.7. The number of thiazole rings is 1. The van der Waals surface area contributed by atoms with E-state index in [1.165, 1.54) is 0 Å². The van der Waals surface area contributed by atoms with E-state index in [0.29, 0.717) is 17.3 Å². The summed E-state index contributed by atoms with van der Waals surface area (Å²) >= 11 is 8.17. The molecule has 0 saturated heterocycles. The number of fused-ring (bicyclic) bond motifs is 1. The molecule has 30 heavy (non-hydrogen) atoms. The van der Waals surface area contributed by atoms with E-state index in [1.807, 2.05) is 84.9 Å². The Morgan fingerprint density at radius 3 is 2.30 bits per heavy atom. The van der Waals surface area contributed by atoms with E-state index in [-0.39, 0.29) is 17.8 Å². The SMILES string of the molecule is O=C1Oc2nc(-c3ccccc3)sc2[C@H](c2ccccc2Cl)[C@@H]1Cc1ccccc1. The molecule has 0 N–H and O–H groups in total. The van der Waals surface area contributed by atoms with Gasteiger partial charge in [0.1, 0.15) is 5.01 Å². The first-order valence-electron chi connectivity index (χ1n) is 9.77. The molecule has 2 atom stereocenters. The lowest BCUT2D eigenvalue weighted by Crippen LogP contribution is -2.33. The lowest BCUT2D eigenvalue weighted by atomic mass is 9.80. The van der Waals surface area contributed by atoms with Crippen LogP contribution in [-0.2, 0) is 11.2 Å². The maximum Gasteiger partial charge on any atom is 0.317 e. The van der Waals surface area contributed by atoms with Gasteiger partial charge in [-0.3, -0.25) is 4.79 Å². The minimum atomic E-state index is -0.371. The summed E-state index contributed by atoms with van der Waals surface area (Å²) in [5, 5.41) is 1.49. The smallest absolute Gasteiger partial charge is 0.317 e. The molecule has 2 heterocycles. The van der Waals surface area contributed by atoms with Crippen LogP contribution in [0.1, 0.15) is 21.9 Å². The van der Waals surface area contributed by atoms with Gasteiger partial charge < -0.3 is 4.74 Å². The Hall–Kier alpha value is -2.95. The molecule has 0 fully saturated rings. The molecule has 0 bridgehead atoms. The lowest BCUT2D eigenvalue weighted by Gasteiger charge is -2.30. The first-order valence-corrected chi connectivity index (χ1v) is 11.0. The van der Waals surface area contributed by atoms with Crippen molar-refractivity contribution < 1.29 is 9.53 Å². The van der Waals surface area contributed by atoms with Crippen molar-refractivity contribution in [1.29, 1.82) is 0 Å². The van der Waals surface area contributed by atoms with Crippen LogP contribution in [0, 0.1) is 5.92 Å². The number of hydrogen-bond donors (Lipinski definition) is 0. The van der Waals surface area contributed by atoms with Gasteiger partial charge in [-0.1, -0.05) is 90.5 Å². The molecule has 1 aromatic heterocycles. The topological polar surface area (TPSA) is 39.2 Å². The highest BCUT2D eigenvalue weighted by molar-refractivity contribution is 7.15. The van der Waals surface area contributed by atoms with Crippen molar-refractivity contribution in [2.75, 3.05) is 0 Å². The third kappa shape index (κ3) is 3.53. The van der Waals surface area contributed by atoms with Crippen molar-refractivity contribution in [3.63, 3.8) is 0 Å². The first kappa shape index (κ1) is 19.0. The second kappa shape index (κ2) is 8.05. The van der Waals surface area contributed by atoms with Gasteiger partial charge in [0.25, 0.3) is 0 Å². The van der Waals surface area contributed by atoms with Gasteiger partial charge in [-0.2, -0.15) is 0 Å². The van der Waals surface area contributed by atoms with Crippen LogP contribution in [-0.4, -0.2) is 11.0 Å². The van der Waals surface area contributed by atoms with E-state index >= 15 is 0 Å². The molecule has 5 rings (SSSR count). The Labute approximate surface area is 183 Å². The minimum Gasteiger partial charge on any atom is -0.406 e. The van der Waals surface area contributed by atoms with E-state index in [2.05, 4.69) is 4.98 Å². The molecule has 0 unspecified atom stereocenters. The van der Waals surface area contributed by atoms with Crippen LogP contribution in [0.25, 0.3) is 10.6 Å². The fourth-order valence-electron chi connectivity index (χ4n) is 3.94. The van der Waals surface area contributed by atoms with E-state index in [9.17, 15) is 4.79 Å². The fourth-order valence-corrected chi connectivity index (χ4v) is 5.37. The van der Waals surface area contributed by atoms with Crippen LogP contribution in [0.15, 0.2) is 84.9 Å². The van der Waals surface area contributed by atoms with Gasteiger partial charge in [0.2, 0.25) is 5.88 Å². The van der Waals surface area contributed by atoms with Crippen LogP contribution < -0.4 is 4.74 Å². The van der Waals surface area contributed by atoms with Crippen LogP contribution in [0.3, 0.4) is 0 Å². The number of hydrogen-bond acceptors (Lipinski definition) is 4. The number of ether oxygens (including phenoxy) is 1. The molecule has 0 radical (unpaired) electrons. The largest absolute Gasteiger partial charge is 0.406 e. The van der Waals surface area contributed by atoms with Gasteiger partial charge >= 0.3 is 5.97 Å². The van der Waals surface area contributed by atoms with E-state index in [4.69, 9.17) is 16.3 Å². The lowest BCUT2D eigenvalue weighted by molar-refractivity contribution is -0.140. The number of aromatic nitrogens is 1. The van der Waals surface area contributed by atoms with Crippen molar-refractivity contribution in [3.05, 3.63) is 106 Å². The third-order valence-corrected chi connectivity index (χ3v) is 6.88. The molecule has 0 aliphatic carbocycles. The summed E-state index contributed by atoms with van der Waals surface area (Å²) in [6, 6.07) is 27.7. The average molecular weight is 432 g/mol. The van der Waals surface area contributed by atoms with E-state index in [0.717, 1.165) is 26.6 Å². The summed E-state index contributed by atoms with van der Waals surface area (Å²) in [7, 11) is 0. The summed E-state index contributed by atoms with van der Waals surface area (Å²) in [6.07, 6.45) is 0.577. The van der Waals surface area contributed by atoms with E-state index < -0.39 is 0 Å².